The zero-order valence-corrected chi connectivity index (χ0v) is 12.2. The maximum Gasteiger partial charge on any atom is 0.124 e. The Labute approximate surface area is 127 Å². The maximum absolute atomic E-state index is 13.2. The van der Waals surface area contributed by atoms with E-state index in [1.165, 1.54) is 12.1 Å². The van der Waals surface area contributed by atoms with Gasteiger partial charge in [-0.15, -0.1) is 11.8 Å². The van der Waals surface area contributed by atoms with E-state index in [4.69, 9.17) is 5.73 Å². The van der Waals surface area contributed by atoms with Crippen LogP contribution in [0.25, 0.3) is 10.9 Å². The summed E-state index contributed by atoms with van der Waals surface area (Å²) in [6.45, 7) is 0. The van der Waals surface area contributed by atoms with Gasteiger partial charge in [-0.3, -0.25) is 4.98 Å². The van der Waals surface area contributed by atoms with Crippen molar-refractivity contribution in [2.75, 3.05) is 5.75 Å². The molecule has 2 nitrogen and oxygen atoms in total. The number of nitrogens with two attached hydrogens (primary N) is 1. The van der Waals surface area contributed by atoms with E-state index in [0.29, 0.717) is 5.75 Å². The van der Waals surface area contributed by atoms with Gasteiger partial charge < -0.3 is 5.73 Å². The van der Waals surface area contributed by atoms with Gasteiger partial charge in [0.05, 0.1) is 5.52 Å². The Balaban J connectivity index is 1.79. The molecule has 0 aliphatic carbocycles. The fourth-order valence-corrected chi connectivity index (χ4v) is 3.18. The predicted octanol–water partition coefficient (Wildman–Crippen LogP) is 4.17. The van der Waals surface area contributed by atoms with Crippen LogP contribution in [0.3, 0.4) is 0 Å². The second kappa shape index (κ2) is 6.24. The lowest BCUT2D eigenvalue weighted by atomic mass is 10.0. The molecule has 1 unspecified atom stereocenters. The average Bonchev–Trinajstić information content (AvgIpc) is 2.52. The summed E-state index contributed by atoms with van der Waals surface area (Å²) in [5.74, 6) is 0.458. The normalized spacial score (nSPS) is 12.5. The van der Waals surface area contributed by atoms with Crippen molar-refractivity contribution in [3.05, 3.63) is 72.2 Å². The summed E-state index contributed by atoms with van der Waals surface area (Å²) in [6.07, 6.45) is 1.78. The third kappa shape index (κ3) is 3.23. The van der Waals surface area contributed by atoms with Crippen LogP contribution in [-0.2, 0) is 0 Å². The molecule has 2 aromatic carbocycles. The minimum Gasteiger partial charge on any atom is -0.323 e. The highest BCUT2D eigenvalue weighted by Gasteiger charge is 2.11. The van der Waals surface area contributed by atoms with Crippen LogP contribution in [-0.4, -0.2) is 10.7 Å². The fraction of sp³-hybridized carbons (Fsp3) is 0.118. The third-order valence-corrected chi connectivity index (χ3v) is 4.40. The highest BCUT2D eigenvalue weighted by atomic mass is 32.2. The first-order valence-electron chi connectivity index (χ1n) is 6.71. The van der Waals surface area contributed by atoms with E-state index < -0.39 is 0 Å². The number of nitrogens with zero attached hydrogens (tertiary/aromatic N) is 1. The van der Waals surface area contributed by atoms with Gasteiger partial charge in [0.1, 0.15) is 5.82 Å². The Morgan fingerprint density at radius 1 is 1.10 bits per heavy atom. The number of aromatic nitrogens is 1. The highest BCUT2D eigenvalue weighted by molar-refractivity contribution is 7.99. The molecule has 0 saturated heterocycles. The second-order valence-electron chi connectivity index (χ2n) is 4.80. The summed E-state index contributed by atoms with van der Waals surface area (Å²) in [7, 11) is 0. The highest BCUT2D eigenvalue weighted by Crippen LogP contribution is 2.27. The third-order valence-electron chi connectivity index (χ3n) is 3.29. The molecule has 106 valence electrons. The van der Waals surface area contributed by atoms with Crippen LogP contribution in [0.15, 0.2) is 65.7 Å². The number of hydrogen-bond donors (Lipinski definition) is 1. The summed E-state index contributed by atoms with van der Waals surface area (Å²) in [5.41, 5.74) is 8.25. The average molecular weight is 298 g/mol. The van der Waals surface area contributed by atoms with E-state index in [1.54, 1.807) is 24.0 Å². The summed E-state index contributed by atoms with van der Waals surface area (Å²) in [5, 5.41) is 1.08. The summed E-state index contributed by atoms with van der Waals surface area (Å²) in [4.78, 5) is 5.31. The van der Waals surface area contributed by atoms with Gasteiger partial charge in [-0.05, 0) is 29.8 Å². The Bertz CT molecular complexity index is 755. The number of fused-ring (bicyclic) bond motifs is 1. The van der Waals surface area contributed by atoms with Gasteiger partial charge in [0, 0.05) is 28.3 Å². The molecule has 0 spiro atoms. The molecular weight excluding hydrogens is 283 g/mol. The fourth-order valence-electron chi connectivity index (χ4n) is 2.26. The minimum atomic E-state index is -0.222. The van der Waals surface area contributed by atoms with Crippen molar-refractivity contribution >= 4 is 22.7 Å². The Morgan fingerprint density at radius 3 is 2.76 bits per heavy atom. The zero-order valence-electron chi connectivity index (χ0n) is 11.4. The van der Waals surface area contributed by atoms with Crippen molar-refractivity contribution in [3.8, 4) is 0 Å². The number of benzene rings is 2. The molecule has 21 heavy (non-hydrogen) atoms. The molecule has 1 atom stereocenters. The van der Waals surface area contributed by atoms with Crippen molar-refractivity contribution in [2.24, 2.45) is 5.73 Å². The van der Waals surface area contributed by atoms with E-state index in [-0.39, 0.29) is 11.9 Å². The molecule has 3 aromatic rings. The van der Waals surface area contributed by atoms with Crippen LogP contribution < -0.4 is 5.73 Å². The molecule has 4 heteroatoms. The standard InChI is InChI=1S/C17H15FN2S/c18-13-6-2-7-14(10-13)21-11-16(19)15-8-1-4-12-5-3-9-20-17(12)15/h1-10,16H,11,19H2. The maximum atomic E-state index is 13.2. The van der Waals surface area contributed by atoms with Gasteiger partial charge in [0.2, 0.25) is 0 Å². The minimum absolute atomic E-state index is 0.142. The van der Waals surface area contributed by atoms with Crippen LogP contribution in [0, 0.1) is 5.82 Å². The molecule has 0 radical (unpaired) electrons. The van der Waals surface area contributed by atoms with Crippen LogP contribution in [0.4, 0.5) is 4.39 Å². The molecule has 0 saturated carbocycles. The SMILES string of the molecule is NC(CSc1cccc(F)c1)c1cccc2cccnc12. The van der Waals surface area contributed by atoms with Crippen LogP contribution in [0.2, 0.25) is 0 Å². The summed E-state index contributed by atoms with van der Waals surface area (Å²) in [6, 6.07) is 16.4. The molecule has 0 fully saturated rings. The summed E-state index contributed by atoms with van der Waals surface area (Å²) >= 11 is 1.55. The van der Waals surface area contributed by atoms with Gasteiger partial charge in [-0.25, -0.2) is 4.39 Å². The molecule has 0 bridgehead atoms. The second-order valence-corrected chi connectivity index (χ2v) is 5.89. The lowest BCUT2D eigenvalue weighted by molar-refractivity contribution is 0.624. The molecule has 1 heterocycles. The molecule has 1 aromatic heterocycles. The molecule has 2 N–H and O–H groups in total. The Kier molecular flexibility index (Phi) is 4.18. The van der Waals surface area contributed by atoms with Gasteiger partial charge >= 0.3 is 0 Å². The first-order valence-corrected chi connectivity index (χ1v) is 7.70. The molecule has 0 amide bonds. The molecule has 0 aliphatic rings. The Hall–Kier alpha value is -1.91. The lowest BCUT2D eigenvalue weighted by Crippen LogP contribution is -2.13. The molecule has 3 rings (SSSR count). The van der Waals surface area contributed by atoms with E-state index in [0.717, 1.165) is 21.4 Å². The van der Waals surface area contributed by atoms with E-state index in [1.807, 2.05) is 36.4 Å². The number of thioether (sulfide) groups is 1. The van der Waals surface area contributed by atoms with Crippen molar-refractivity contribution in [1.29, 1.82) is 0 Å². The molecular formula is C17H15FN2S. The van der Waals surface area contributed by atoms with Crippen molar-refractivity contribution < 1.29 is 4.39 Å². The van der Waals surface area contributed by atoms with E-state index in [2.05, 4.69) is 4.98 Å². The smallest absolute Gasteiger partial charge is 0.124 e. The monoisotopic (exact) mass is 298 g/mol. The zero-order chi connectivity index (χ0) is 14.7. The van der Waals surface area contributed by atoms with E-state index in [9.17, 15) is 4.39 Å². The van der Waals surface area contributed by atoms with E-state index >= 15 is 0 Å². The Morgan fingerprint density at radius 2 is 1.90 bits per heavy atom. The van der Waals surface area contributed by atoms with Crippen molar-refractivity contribution in [3.63, 3.8) is 0 Å². The van der Waals surface area contributed by atoms with Crippen LogP contribution in [0.1, 0.15) is 11.6 Å². The van der Waals surface area contributed by atoms with Gasteiger partial charge in [-0.2, -0.15) is 0 Å². The lowest BCUT2D eigenvalue weighted by Gasteiger charge is -2.13. The summed E-state index contributed by atoms with van der Waals surface area (Å²) < 4.78 is 13.2. The molecule has 0 aliphatic heterocycles. The van der Waals surface area contributed by atoms with Crippen LogP contribution >= 0.6 is 11.8 Å². The van der Waals surface area contributed by atoms with Crippen molar-refractivity contribution in [1.82, 2.24) is 4.98 Å². The topological polar surface area (TPSA) is 38.9 Å². The predicted molar refractivity (Wildman–Crippen MR) is 85.8 cm³/mol. The first-order chi connectivity index (χ1) is 10.2. The van der Waals surface area contributed by atoms with Gasteiger partial charge in [0.15, 0.2) is 0 Å². The largest absolute Gasteiger partial charge is 0.323 e. The number of rotatable bonds is 4. The number of halogens is 1. The van der Waals surface area contributed by atoms with Gasteiger partial charge in [-0.1, -0.05) is 30.3 Å². The van der Waals surface area contributed by atoms with Crippen LogP contribution in [0.5, 0.6) is 0 Å². The van der Waals surface area contributed by atoms with Gasteiger partial charge in [0.25, 0.3) is 0 Å². The number of pyridine rings is 1. The number of hydrogen-bond acceptors (Lipinski definition) is 3. The van der Waals surface area contributed by atoms with Crippen molar-refractivity contribution in [2.45, 2.75) is 10.9 Å². The quantitative estimate of drug-likeness (QED) is 0.735. The first kappa shape index (κ1) is 14.0. The number of para-hydroxylation sites is 1.